The van der Waals surface area contributed by atoms with Crippen LogP contribution in [0.3, 0.4) is 0 Å². The normalized spacial score (nSPS) is 21.7. The zero-order chi connectivity index (χ0) is 9.57. The van der Waals surface area contributed by atoms with E-state index in [0.29, 0.717) is 5.54 Å². The first-order valence-corrected chi connectivity index (χ1v) is 5.51. The highest BCUT2D eigenvalue weighted by molar-refractivity contribution is 4.85. The Bertz CT molecular complexity index is 130. The first kappa shape index (κ1) is 11.0. The van der Waals surface area contributed by atoms with Crippen LogP contribution in [0.2, 0.25) is 0 Å². The molecule has 1 rings (SSSR count). The largest absolute Gasteiger partial charge is 0.385 e. The molecule has 0 amide bonds. The average Bonchev–Trinajstić information content (AvgIpc) is 2.14. The summed E-state index contributed by atoms with van der Waals surface area (Å²) in [6, 6.07) is 0. The van der Waals surface area contributed by atoms with Crippen LogP contribution in [0.15, 0.2) is 0 Å². The van der Waals surface area contributed by atoms with Gasteiger partial charge < -0.3 is 10.1 Å². The van der Waals surface area contributed by atoms with Crippen molar-refractivity contribution in [3.63, 3.8) is 0 Å². The van der Waals surface area contributed by atoms with Crippen LogP contribution in [0.4, 0.5) is 0 Å². The molecule has 0 aromatic rings. The predicted octanol–water partition coefficient (Wildman–Crippen LogP) is 2.34. The molecule has 2 heteroatoms. The Morgan fingerprint density at radius 1 is 1.23 bits per heavy atom. The van der Waals surface area contributed by atoms with Crippen molar-refractivity contribution in [3.8, 4) is 0 Å². The summed E-state index contributed by atoms with van der Waals surface area (Å²) in [5.41, 5.74) is 0.423. The summed E-state index contributed by atoms with van der Waals surface area (Å²) >= 11 is 0. The van der Waals surface area contributed by atoms with E-state index in [1.54, 1.807) is 7.11 Å². The van der Waals surface area contributed by atoms with Gasteiger partial charge in [-0.15, -0.1) is 0 Å². The zero-order valence-electron chi connectivity index (χ0n) is 9.07. The molecule has 13 heavy (non-hydrogen) atoms. The molecule has 0 aromatic heterocycles. The smallest absolute Gasteiger partial charge is 0.0474 e. The number of nitrogens with one attached hydrogen (secondary N) is 1. The third-order valence-electron chi connectivity index (χ3n) is 3.03. The van der Waals surface area contributed by atoms with Gasteiger partial charge in [0.15, 0.2) is 0 Å². The maximum atomic E-state index is 5.02. The van der Waals surface area contributed by atoms with Crippen molar-refractivity contribution in [1.29, 1.82) is 0 Å². The van der Waals surface area contributed by atoms with Gasteiger partial charge in [0.05, 0.1) is 0 Å². The average molecular weight is 185 g/mol. The van der Waals surface area contributed by atoms with Crippen molar-refractivity contribution in [2.24, 2.45) is 0 Å². The minimum Gasteiger partial charge on any atom is -0.385 e. The molecule has 1 aliphatic carbocycles. The van der Waals surface area contributed by atoms with Crippen molar-refractivity contribution in [1.82, 2.24) is 5.32 Å². The standard InChI is InChI=1S/C11H23NO/c1-11(7-4-3-5-8-11)12-9-6-10-13-2/h12H,3-10H2,1-2H3. The Morgan fingerprint density at radius 3 is 2.54 bits per heavy atom. The minimum atomic E-state index is 0.423. The monoisotopic (exact) mass is 185 g/mol. The molecule has 0 heterocycles. The summed E-state index contributed by atoms with van der Waals surface area (Å²) in [5, 5.41) is 3.65. The minimum absolute atomic E-state index is 0.423. The SMILES string of the molecule is COCCCNC1(C)CCCCC1. The fraction of sp³-hybridized carbons (Fsp3) is 1.00. The van der Waals surface area contributed by atoms with E-state index >= 15 is 0 Å². The number of ether oxygens (including phenoxy) is 1. The van der Waals surface area contributed by atoms with Gasteiger partial charge in [0, 0.05) is 19.3 Å². The second kappa shape index (κ2) is 5.61. The van der Waals surface area contributed by atoms with Crippen molar-refractivity contribution in [2.45, 2.75) is 51.0 Å². The van der Waals surface area contributed by atoms with Crippen LogP contribution in [0.5, 0.6) is 0 Å². The van der Waals surface area contributed by atoms with Gasteiger partial charge in [0.1, 0.15) is 0 Å². The molecule has 1 saturated carbocycles. The molecule has 0 spiro atoms. The molecule has 0 aliphatic heterocycles. The maximum Gasteiger partial charge on any atom is 0.0474 e. The van der Waals surface area contributed by atoms with Crippen molar-refractivity contribution >= 4 is 0 Å². The first-order chi connectivity index (χ1) is 6.27. The summed E-state index contributed by atoms with van der Waals surface area (Å²) in [4.78, 5) is 0. The third-order valence-corrected chi connectivity index (χ3v) is 3.03. The second-order valence-electron chi connectivity index (χ2n) is 4.39. The van der Waals surface area contributed by atoms with Crippen LogP contribution < -0.4 is 5.32 Å². The van der Waals surface area contributed by atoms with E-state index in [2.05, 4.69) is 12.2 Å². The molecule has 1 fully saturated rings. The number of rotatable bonds is 5. The van der Waals surface area contributed by atoms with Crippen LogP contribution in [-0.2, 0) is 4.74 Å². The first-order valence-electron chi connectivity index (χ1n) is 5.51. The molecule has 1 aliphatic rings. The number of hydrogen-bond donors (Lipinski definition) is 1. The highest BCUT2D eigenvalue weighted by Crippen LogP contribution is 2.27. The summed E-state index contributed by atoms with van der Waals surface area (Å²) in [7, 11) is 1.77. The summed E-state index contributed by atoms with van der Waals surface area (Å²) in [6.07, 6.45) is 8.04. The lowest BCUT2D eigenvalue weighted by Gasteiger charge is -2.34. The number of methoxy groups -OCH3 is 1. The Hall–Kier alpha value is -0.0800. The van der Waals surface area contributed by atoms with Gasteiger partial charge in [-0.2, -0.15) is 0 Å². The molecule has 0 saturated heterocycles. The fourth-order valence-corrected chi connectivity index (χ4v) is 2.12. The second-order valence-corrected chi connectivity index (χ2v) is 4.39. The molecule has 0 bridgehead atoms. The van der Waals surface area contributed by atoms with E-state index in [1.165, 1.54) is 32.1 Å². The van der Waals surface area contributed by atoms with E-state index in [9.17, 15) is 0 Å². The predicted molar refractivity (Wildman–Crippen MR) is 56.0 cm³/mol. The van der Waals surface area contributed by atoms with Gasteiger partial charge in [0.2, 0.25) is 0 Å². The molecule has 2 nitrogen and oxygen atoms in total. The van der Waals surface area contributed by atoms with E-state index in [4.69, 9.17) is 4.74 Å². The van der Waals surface area contributed by atoms with Gasteiger partial charge in [-0.05, 0) is 32.7 Å². The van der Waals surface area contributed by atoms with Crippen LogP contribution in [0.1, 0.15) is 45.4 Å². The lowest BCUT2D eigenvalue weighted by molar-refractivity contribution is 0.184. The van der Waals surface area contributed by atoms with Gasteiger partial charge in [-0.3, -0.25) is 0 Å². The fourth-order valence-electron chi connectivity index (χ4n) is 2.12. The van der Waals surface area contributed by atoms with Gasteiger partial charge in [-0.1, -0.05) is 19.3 Å². The molecule has 0 aromatic carbocycles. The van der Waals surface area contributed by atoms with E-state index in [-0.39, 0.29) is 0 Å². The topological polar surface area (TPSA) is 21.3 Å². The van der Waals surface area contributed by atoms with Crippen molar-refractivity contribution in [3.05, 3.63) is 0 Å². The Balaban J connectivity index is 2.10. The number of hydrogen-bond acceptors (Lipinski definition) is 2. The Labute approximate surface area is 82.0 Å². The van der Waals surface area contributed by atoms with E-state index < -0.39 is 0 Å². The van der Waals surface area contributed by atoms with E-state index in [0.717, 1.165) is 19.6 Å². The molecular weight excluding hydrogens is 162 g/mol. The molecular formula is C11H23NO. The molecule has 78 valence electrons. The van der Waals surface area contributed by atoms with Crippen LogP contribution in [-0.4, -0.2) is 25.8 Å². The third kappa shape index (κ3) is 4.10. The van der Waals surface area contributed by atoms with Gasteiger partial charge >= 0.3 is 0 Å². The van der Waals surface area contributed by atoms with Gasteiger partial charge in [0.25, 0.3) is 0 Å². The highest BCUT2D eigenvalue weighted by Gasteiger charge is 2.25. The highest BCUT2D eigenvalue weighted by atomic mass is 16.5. The lowest BCUT2D eigenvalue weighted by Crippen LogP contribution is -2.44. The molecule has 0 radical (unpaired) electrons. The van der Waals surface area contributed by atoms with E-state index in [1.807, 2.05) is 0 Å². The van der Waals surface area contributed by atoms with Crippen molar-refractivity contribution < 1.29 is 4.74 Å². The zero-order valence-corrected chi connectivity index (χ0v) is 9.07. The van der Waals surface area contributed by atoms with Crippen LogP contribution >= 0.6 is 0 Å². The Morgan fingerprint density at radius 2 is 1.92 bits per heavy atom. The van der Waals surface area contributed by atoms with Gasteiger partial charge in [-0.25, -0.2) is 0 Å². The van der Waals surface area contributed by atoms with Crippen LogP contribution in [0.25, 0.3) is 0 Å². The molecule has 0 unspecified atom stereocenters. The summed E-state index contributed by atoms with van der Waals surface area (Å²) < 4.78 is 5.02. The summed E-state index contributed by atoms with van der Waals surface area (Å²) in [5.74, 6) is 0. The maximum absolute atomic E-state index is 5.02. The quantitative estimate of drug-likeness (QED) is 0.664. The van der Waals surface area contributed by atoms with Crippen LogP contribution in [0, 0.1) is 0 Å². The van der Waals surface area contributed by atoms with Crippen molar-refractivity contribution in [2.75, 3.05) is 20.3 Å². The summed E-state index contributed by atoms with van der Waals surface area (Å²) in [6.45, 7) is 4.34. The Kier molecular flexibility index (Phi) is 4.74. The lowest BCUT2D eigenvalue weighted by atomic mass is 9.83. The molecule has 0 atom stereocenters. The molecule has 1 N–H and O–H groups in total.